The summed E-state index contributed by atoms with van der Waals surface area (Å²) in [5, 5.41) is 1.05. The Morgan fingerprint density at radius 3 is 2.67 bits per heavy atom. The van der Waals surface area contributed by atoms with Gasteiger partial charge in [0.1, 0.15) is 5.82 Å². The monoisotopic (exact) mass is 393 g/mol. The first-order valence-electron chi connectivity index (χ1n) is 6.45. The normalized spacial score (nSPS) is 12.5. The highest BCUT2D eigenvalue weighted by molar-refractivity contribution is 14.1. The van der Waals surface area contributed by atoms with Gasteiger partial charge >= 0.3 is 0 Å². The predicted molar refractivity (Wildman–Crippen MR) is 90.0 cm³/mol. The lowest BCUT2D eigenvalue weighted by atomic mass is 9.97. The van der Waals surface area contributed by atoms with Gasteiger partial charge in [0.2, 0.25) is 0 Å². The lowest BCUT2D eigenvalue weighted by molar-refractivity contribution is 0.613. The molecule has 0 aliphatic rings. The zero-order valence-electron chi connectivity index (χ0n) is 11.1. The fraction of sp³-hybridized carbons (Fsp3) is 0.0625. The van der Waals surface area contributed by atoms with Crippen molar-refractivity contribution in [3.63, 3.8) is 0 Å². The van der Waals surface area contributed by atoms with Gasteiger partial charge in [-0.1, -0.05) is 30.3 Å². The zero-order chi connectivity index (χ0) is 14.8. The Balaban J connectivity index is 2.18. The number of halogens is 2. The average Bonchev–Trinajstić information content (AvgIpc) is 2.50. The lowest BCUT2D eigenvalue weighted by Gasteiger charge is -2.19. The first-order chi connectivity index (χ1) is 10.2. The summed E-state index contributed by atoms with van der Waals surface area (Å²) in [6.07, 6.45) is 1.76. The van der Waals surface area contributed by atoms with Crippen LogP contribution in [0.3, 0.4) is 0 Å². The van der Waals surface area contributed by atoms with Crippen LogP contribution in [0, 0.1) is 9.39 Å². The van der Waals surface area contributed by atoms with Crippen LogP contribution in [0.1, 0.15) is 17.2 Å². The molecule has 3 nitrogen and oxygen atoms in total. The second-order valence-electron chi connectivity index (χ2n) is 4.69. The molecule has 1 unspecified atom stereocenters. The van der Waals surface area contributed by atoms with Crippen molar-refractivity contribution in [3.05, 3.63) is 75.2 Å². The Morgan fingerprint density at radius 2 is 1.90 bits per heavy atom. The molecule has 0 aliphatic heterocycles. The SMILES string of the molecule is NNC(c1ccc(F)cc1I)c1cccc2cccnc12. The van der Waals surface area contributed by atoms with Crippen LogP contribution in [0.2, 0.25) is 0 Å². The minimum Gasteiger partial charge on any atom is -0.271 e. The highest BCUT2D eigenvalue weighted by atomic mass is 127. The van der Waals surface area contributed by atoms with E-state index in [1.807, 2.05) is 30.3 Å². The minimum absolute atomic E-state index is 0.240. The molecule has 0 spiro atoms. The number of rotatable bonds is 3. The molecule has 2 aromatic carbocycles. The highest BCUT2D eigenvalue weighted by Crippen LogP contribution is 2.30. The van der Waals surface area contributed by atoms with Crippen LogP contribution in [0.25, 0.3) is 10.9 Å². The van der Waals surface area contributed by atoms with Crippen LogP contribution < -0.4 is 11.3 Å². The lowest BCUT2D eigenvalue weighted by Crippen LogP contribution is -2.29. The van der Waals surface area contributed by atoms with Crippen LogP contribution in [-0.2, 0) is 0 Å². The van der Waals surface area contributed by atoms with Crippen molar-refractivity contribution in [1.29, 1.82) is 0 Å². The molecule has 0 saturated carbocycles. The summed E-state index contributed by atoms with van der Waals surface area (Å²) >= 11 is 2.12. The van der Waals surface area contributed by atoms with E-state index in [4.69, 9.17) is 5.84 Å². The number of nitrogens with zero attached hydrogens (tertiary/aromatic N) is 1. The maximum Gasteiger partial charge on any atom is 0.124 e. The van der Waals surface area contributed by atoms with Gasteiger partial charge in [-0.05, 0) is 46.4 Å². The molecule has 0 fully saturated rings. The highest BCUT2D eigenvalue weighted by Gasteiger charge is 2.18. The van der Waals surface area contributed by atoms with Crippen molar-refractivity contribution in [2.75, 3.05) is 0 Å². The average molecular weight is 393 g/mol. The summed E-state index contributed by atoms with van der Waals surface area (Å²) < 4.78 is 14.1. The summed E-state index contributed by atoms with van der Waals surface area (Å²) in [7, 11) is 0. The summed E-state index contributed by atoms with van der Waals surface area (Å²) in [5.74, 6) is 5.51. The number of hydrazine groups is 1. The van der Waals surface area contributed by atoms with Crippen molar-refractivity contribution < 1.29 is 4.39 Å². The third-order valence-electron chi connectivity index (χ3n) is 3.42. The second kappa shape index (κ2) is 6.05. The first kappa shape index (κ1) is 14.4. The topological polar surface area (TPSA) is 50.9 Å². The number of nitrogens with one attached hydrogen (secondary N) is 1. The molecule has 1 aromatic heterocycles. The van der Waals surface area contributed by atoms with Crippen LogP contribution in [-0.4, -0.2) is 4.98 Å². The summed E-state index contributed by atoms with van der Waals surface area (Å²) in [5.41, 5.74) is 5.61. The maximum absolute atomic E-state index is 13.3. The second-order valence-corrected chi connectivity index (χ2v) is 5.85. The Labute approximate surface area is 135 Å². The van der Waals surface area contributed by atoms with Gasteiger partial charge in [-0.15, -0.1) is 0 Å². The van der Waals surface area contributed by atoms with Crippen molar-refractivity contribution in [1.82, 2.24) is 10.4 Å². The number of para-hydroxylation sites is 1. The molecular formula is C16H13FIN3. The van der Waals surface area contributed by atoms with E-state index in [0.717, 1.165) is 25.6 Å². The van der Waals surface area contributed by atoms with Gasteiger partial charge < -0.3 is 0 Å². The van der Waals surface area contributed by atoms with E-state index in [1.54, 1.807) is 12.3 Å². The molecule has 5 heteroatoms. The minimum atomic E-state index is -0.255. The van der Waals surface area contributed by atoms with Crippen molar-refractivity contribution >= 4 is 33.5 Å². The molecule has 0 bridgehead atoms. The standard InChI is InChI=1S/C16H13FIN3/c17-11-6-7-12(14(18)9-11)16(21-19)13-5-1-3-10-4-2-8-20-15(10)13/h1-9,16,21H,19H2. The Kier molecular flexibility index (Phi) is 4.14. The third-order valence-corrected chi connectivity index (χ3v) is 4.35. The van der Waals surface area contributed by atoms with Crippen molar-refractivity contribution in [2.24, 2.45) is 5.84 Å². The molecule has 1 heterocycles. The fourth-order valence-corrected chi connectivity index (χ4v) is 3.23. The molecule has 3 rings (SSSR count). The van der Waals surface area contributed by atoms with Crippen molar-refractivity contribution in [3.8, 4) is 0 Å². The zero-order valence-corrected chi connectivity index (χ0v) is 13.2. The summed E-state index contributed by atoms with van der Waals surface area (Å²) in [6, 6.07) is 14.3. The predicted octanol–water partition coefficient (Wildman–Crippen LogP) is 3.53. The number of benzene rings is 2. The van der Waals surface area contributed by atoms with Gasteiger partial charge in [-0.2, -0.15) is 0 Å². The summed E-state index contributed by atoms with van der Waals surface area (Å²) in [6.45, 7) is 0. The van der Waals surface area contributed by atoms with E-state index in [9.17, 15) is 4.39 Å². The van der Waals surface area contributed by atoms with Gasteiger partial charge in [0.25, 0.3) is 0 Å². The van der Waals surface area contributed by atoms with E-state index in [1.165, 1.54) is 12.1 Å². The number of aromatic nitrogens is 1. The molecule has 0 saturated heterocycles. The van der Waals surface area contributed by atoms with Gasteiger partial charge in [-0.3, -0.25) is 10.8 Å². The quantitative estimate of drug-likeness (QED) is 0.407. The van der Waals surface area contributed by atoms with E-state index >= 15 is 0 Å². The molecular weight excluding hydrogens is 380 g/mol. The molecule has 3 aromatic rings. The first-order valence-corrected chi connectivity index (χ1v) is 7.53. The van der Waals surface area contributed by atoms with E-state index < -0.39 is 0 Å². The molecule has 21 heavy (non-hydrogen) atoms. The van der Waals surface area contributed by atoms with Crippen molar-refractivity contribution in [2.45, 2.75) is 6.04 Å². The Hall–Kier alpha value is -1.57. The number of hydrogen-bond donors (Lipinski definition) is 2. The van der Waals surface area contributed by atoms with Crippen LogP contribution in [0.15, 0.2) is 54.7 Å². The Bertz CT molecular complexity index is 786. The van der Waals surface area contributed by atoms with Gasteiger partial charge in [0, 0.05) is 20.7 Å². The molecule has 1 atom stereocenters. The molecule has 0 amide bonds. The number of fused-ring (bicyclic) bond motifs is 1. The van der Waals surface area contributed by atoms with Crippen LogP contribution in [0.5, 0.6) is 0 Å². The maximum atomic E-state index is 13.3. The number of nitrogens with two attached hydrogens (primary N) is 1. The molecule has 3 N–H and O–H groups in total. The number of pyridine rings is 1. The molecule has 0 radical (unpaired) electrons. The van der Waals surface area contributed by atoms with Gasteiger partial charge in [-0.25, -0.2) is 9.82 Å². The molecule has 0 aliphatic carbocycles. The van der Waals surface area contributed by atoms with E-state index in [0.29, 0.717) is 0 Å². The molecule has 106 valence electrons. The van der Waals surface area contributed by atoms with Gasteiger partial charge in [0.05, 0.1) is 11.6 Å². The largest absolute Gasteiger partial charge is 0.271 e. The summed E-state index contributed by atoms with van der Waals surface area (Å²) in [4.78, 5) is 4.45. The van der Waals surface area contributed by atoms with E-state index in [2.05, 4.69) is 33.0 Å². The fourth-order valence-electron chi connectivity index (χ4n) is 2.44. The number of hydrogen-bond acceptors (Lipinski definition) is 3. The van der Waals surface area contributed by atoms with E-state index in [-0.39, 0.29) is 11.9 Å². The van der Waals surface area contributed by atoms with Crippen LogP contribution >= 0.6 is 22.6 Å². The van der Waals surface area contributed by atoms with Crippen LogP contribution in [0.4, 0.5) is 4.39 Å². The van der Waals surface area contributed by atoms with Gasteiger partial charge in [0.15, 0.2) is 0 Å². The Morgan fingerprint density at radius 1 is 1.10 bits per heavy atom. The third kappa shape index (κ3) is 2.76. The smallest absolute Gasteiger partial charge is 0.124 e.